The van der Waals surface area contributed by atoms with E-state index in [-0.39, 0.29) is 18.1 Å². The molecule has 7 nitrogen and oxygen atoms in total. The van der Waals surface area contributed by atoms with Crippen LogP contribution in [0.2, 0.25) is 0 Å². The Labute approximate surface area is 174 Å². The second-order valence-corrected chi connectivity index (χ2v) is 7.61. The van der Waals surface area contributed by atoms with Crippen molar-refractivity contribution in [3.8, 4) is 5.88 Å². The number of aromatic amines is 1. The van der Waals surface area contributed by atoms with Crippen molar-refractivity contribution in [3.63, 3.8) is 0 Å². The maximum Gasteiger partial charge on any atom is 0.329 e. The van der Waals surface area contributed by atoms with Gasteiger partial charge in [-0.3, -0.25) is 14.4 Å². The van der Waals surface area contributed by atoms with Crippen molar-refractivity contribution < 1.29 is 9.90 Å². The SMILES string of the molecule is Cc1cccc(NC(=O)Cn2c(O)c(/C=C3\C=Nc4ccc(Br)cc43)[nH]c2=O)c1. The minimum absolute atomic E-state index is 0.215. The van der Waals surface area contributed by atoms with Gasteiger partial charge in [-0.25, -0.2) is 4.79 Å². The molecule has 3 aromatic rings. The molecule has 0 unspecified atom stereocenters. The molecular formula is C21H17BrN4O3. The molecule has 146 valence electrons. The van der Waals surface area contributed by atoms with Gasteiger partial charge in [0, 0.05) is 27.5 Å². The number of carbonyl (C=O) groups excluding carboxylic acids is 1. The van der Waals surface area contributed by atoms with Gasteiger partial charge in [0.15, 0.2) is 0 Å². The summed E-state index contributed by atoms with van der Waals surface area (Å²) in [5.74, 6) is -0.721. The molecule has 8 heteroatoms. The van der Waals surface area contributed by atoms with Gasteiger partial charge in [0.05, 0.1) is 5.69 Å². The van der Waals surface area contributed by atoms with Crippen molar-refractivity contribution in [1.82, 2.24) is 9.55 Å². The van der Waals surface area contributed by atoms with Crippen molar-refractivity contribution in [3.05, 3.63) is 74.2 Å². The summed E-state index contributed by atoms with van der Waals surface area (Å²) in [7, 11) is 0. The Kier molecular flexibility index (Phi) is 4.94. The van der Waals surface area contributed by atoms with E-state index in [0.29, 0.717) is 5.69 Å². The fourth-order valence-electron chi connectivity index (χ4n) is 3.13. The predicted octanol–water partition coefficient (Wildman–Crippen LogP) is 3.85. The van der Waals surface area contributed by atoms with Crippen molar-refractivity contribution in [1.29, 1.82) is 0 Å². The van der Waals surface area contributed by atoms with Gasteiger partial charge in [0.25, 0.3) is 0 Å². The molecule has 0 atom stereocenters. The normalized spacial score (nSPS) is 13.7. The molecule has 0 saturated heterocycles. The van der Waals surface area contributed by atoms with Gasteiger partial charge in [-0.15, -0.1) is 0 Å². The molecule has 1 aliphatic heterocycles. The Bertz CT molecular complexity index is 1240. The molecule has 0 aliphatic carbocycles. The van der Waals surface area contributed by atoms with Crippen molar-refractivity contribution in [2.45, 2.75) is 13.5 Å². The van der Waals surface area contributed by atoms with Gasteiger partial charge < -0.3 is 15.4 Å². The molecule has 2 aromatic carbocycles. The lowest BCUT2D eigenvalue weighted by atomic mass is 10.1. The first-order valence-corrected chi connectivity index (χ1v) is 9.64. The van der Waals surface area contributed by atoms with Gasteiger partial charge in [-0.2, -0.15) is 0 Å². The minimum atomic E-state index is -0.571. The van der Waals surface area contributed by atoms with Crippen LogP contribution in [0.4, 0.5) is 11.4 Å². The summed E-state index contributed by atoms with van der Waals surface area (Å²) in [4.78, 5) is 31.5. The van der Waals surface area contributed by atoms with Crippen LogP contribution in [-0.2, 0) is 11.3 Å². The van der Waals surface area contributed by atoms with Gasteiger partial charge >= 0.3 is 5.69 Å². The third-order valence-corrected chi connectivity index (χ3v) is 4.99. The number of allylic oxidation sites excluding steroid dienone is 1. The summed E-state index contributed by atoms with van der Waals surface area (Å²) >= 11 is 3.43. The number of aliphatic imine (C=N–C) groups is 1. The van der Waals surface area contributed by atoms with E-state index in [1.54, 1.807) is 18.4 Å². The van der Waals surface area contributed by atoms with Crippen molar-refractivity contribution in [2.24, 2.45) is 4.99 Å². The fraction of sp³-hybridized carbons (Fsp3) is 0.0952. The maximum absolute atomic E-state index is 12.3. The molecule has 0 saturated carbocycles. The zero-order chi connectivity index (χ0) is 20.5. The number of imidazole rings is 1. The first kappa shape index (κ1) is 18.9. The highest BCUT2D eigenvalue weighted by atomic mass is 79.9. The highest BCUT2D eigenvalue weighted by molar-refractivity contribution is 9.10. The van der Waals surface area contributed by atoms with Gasteiger partial charge in [-0.05, 0) is 48.9 Å². The van der Waals surface area contributed by atoms with Gasteiger partial charge in [0.1, 0.15) is 12.2 Å². The number of halogens is 1. The number of carbonyl (C=O) groups is 1. The van der Waals surface area contributed by atoms with Crippen LogP contribution < -0.4 is 11.0 Å². The monoisotopic (exact) mass is 452 g/mol. The number of aryl methyl sites for hydroxylation is 1. The molecule has 1 aliphatic rings. The molecule has 2 heterocycles. The largest absolute Gasteiger partial charge is 0.493 e. The topological polar surface area (TPSA) is 99.5 Å². The summed E-state index contributed by atoms with van der Waals surface area (Å²) in [5.41, 5.74) is 3.70. The van der Waals surface area contributed by atoms with Crippen LogP contribution in [-0.4, -0.2) is 26.8 Å². The number of nitrogens with one attached hydrogen (secondary N) is 2. The molecule has 0 spiro atoms. The Morgan fingerprint density at radius 2 is 2.14 bits per heavy atom. The molecule has 3 N–H and O–H groups in total. The van der Waals surface area contributed by atoms with Crippen LogP contribution in [0.15, 0.2) is 56.7 Å². The Balaban J connectivity index is 1.58. The number of aromatic nitrogens is 2. The molecule has 0 fully saturated rings. The van der Waals surface area contributed by atoms with E-state index in [2.05, 4.69) is 31.2 Å². The molecule has 0 bridgehead atoms. The molecule has 29 heavy (non-hydrogen) atoms. The van der Waals surface area contributed by atoms with E-state index in [1.165, 1.54) is 0 Å². The van der Waals surface area contributed by atoms with Gasteiger partial charge in [0.2, 0.25) is 11.8 Å². The summed E-state index contributed by atoms with van der Waals surface area (Å²) in [5, 5.41) is 13.2. The number of amides is 1. The number of aromatic hydroxyl groups is 1. The maximum atomic E-state index is 12.3. The Hall–Kier alpha value is -3.39. The van der Waals surface area contributed by atoms with Gasteiger partial charge in [-0.1, -0.05) is 28.1 Å². The molecule has 1 amide bonds. The molecule has 0 radical (unpaired) electrons. The number of hydrogen-bond acceptors (Lipinski definition) is 4. The van der Waals surface area contributed by atoms with Crippen LogP contribution in [0, 0.1) is 6.92 Å². The number of nitrogens with zero attached hydrogens (tertiary/aromatic N) is 2. The third kappa shape index (κ3) is 3.93. The standard InChI is InChI=1S/C21H17BrN4O3/c1-12-3-2-4-15(7-12)24-19(27)11-26-20(28)18(25-21(26)29)8-13-10-23-17-6-5-14(22)9-16(13)17/h2-10,28H,11H2,1H3,(H,24,27)(H,25,29)/b13-8+. The smallest absolute Gasteiger partial charge is 0.329 e. The number of H-pyrrole nitrogens is 1. The van der Waals surface area contributed by atoms with Crippen LogP contribution in [0.3, 0.4) is 0 Å². The second kappa shape index (κ2) is 7.56. The molecule has 4 rings (SSSR count). The van der Waals surface area contributed by atoms with E-state index in [0.717, 1.165) is 31.4 Å². The molecular weight excluding hydrogens is 436 g/mol. The summed E-state index contributed by atoms with van der Waals surface area (Å²) < 4.78 is 1.89. The van der Waals surface area contributed by atoms with Crippen molar-refractivity contribution in [2.75, 3.05) is 5.32 Å². The Morgan fingerprint density at radius 3 is 2.93 bits per heavy atom. The lowest BCUT2D eigenvalue weighted by molar-refractivity contribution is -0.116. The minimum Gasteiger partial charge on any atom is -0.493 e. The Morgan fingerprint density at radius 1 is 1.31 bits per heavy atom. The van der Waals surface area contributed by atoms with Crippen LogP contribution >= 0.6 is 15.9 Å². The average Bonchev–Trinajstić information content (AvgIpc) is 3.17. The number of rotatable bonds is 4. The van der Waals surface area contributed by atoms with Crippen LogP contribution in [0.5, 0.6) is 5.88 Å². The van der Waals surface area contributed by atoms with E-state index in [1.807, 2.05) is 43.3 Å². The zero-order valence-corrected chi connectivity index (χ0v) is 17.0. The van der Waals surface area contributed by atoms with E-state index < -0.39 is 11.6 Å². The third-order valence-electron chi connectivity index (χ3n) is 4.50. The summed E-state index contributed by atoms with van der Waals surface area (Å²) in [6.45, 7) is 1.61. The lowest BCUT2D eigenvalue weighted by Gasteiger charge is -2.07. The number of benzene rings is 2. The number of fused-ring (bicyclic) bond motifs is 1. The molecule has 1 aromatic heterocycles. The van der Waals surface area contributed by atoms with E-state index in [9.17, 15) is 14.7 Å². The predicted molar refractivity (Wildman–Crippen MR) is 117 cm³/mol. The average molecular weight is 453 g/mol. The highest BCUT2D eigenvalue weighted by Crippen LogP contribution is 2.35. The van der Waals surface area contributed by atoms with E-state index in [4.69, 9.17) is 0 Å². The second-order valence-electron chi connectivity index (χ2n) is 6.69. The first-order chi connectivity index (χ1) is 13.9. The highest BCUT2D eigenvalue weighted by Gasteiger charge is 2.18. The number of anilines is 1. The lowest BCUT2D eigenvalue weighted by Crippen LogP contribution is -2.25. The summed E-state index contributed by atoms with van der Waals surface area (Å²) in [6, 6.07) is 13.0. The van der Waals surface area contributed by atoms with Crippen molar-refractivity contribution >= 4 is 51.1 Å². The summed E-state index contributed by atoms with van der Waals surface area (Å²) in [6.07, 6.45) is 3.30. The van der Waals surface area contributed by atoms with Crippen LogP contribution in [0.1, 0.15) is 16.8 Å². The fourth-order valence-corrected chi connectivity index (χ4v) is 3.49. The number of hydrogen-bond donors (Lipinski definition) is 3. The van der Waals surface area contributed by atoms with E-state index >= 15 is 0 Å². The zero-order valence-electron chi connectivity index (χ0n) is 15.4. The first-order valence-electron chi connectivity index (χ1n) is 8.85. The van der Waals surface area contributed by atoms with Crippen LogP contribution in [0.25, 0.3) is 11.6 Å². The quantitative estimate of drug-likeness (QED) is 0.560.